The highest BCUT2D eigenvalue weighted by Gasteiger charge is 2.57. The van der Waals surface area contributed by atoms with E-state index in [0.717, 1.165) is 23.8 Å². The zero-order valence-electron chi connectivity index (χ0n) is 15.0. The summed E-state index contributed by atoms with van der Waals surface area (Å²) in [4.78, 5) is 24.9. The van der Waals surface area contributed by atoms with Gasteiger partial charge in [-0.1, -0.05) is 32.5 Å². The molecule has 2 rings (SSSR count). The lowest BCUT2D eigenvalue weighted by molar-refractivity contribution is -0.138. The topological polar surface area (TPSA) is 88.9 Å². The van der Waals surface area contributed by atoms with Gasteiger partial charge in [0.1, 0.15) is 6.33 Å². The lowest BCUT2D eigenvalue weighted by Crippen LogP contribution is -2.49. The summed E-state index contributed by atoms with van der Waals surface area (Å²) in [6, 6.07) is 0. The molecule has 0 unspecified atom stereocenters. The molecule has 0 aliphatic heterocycles. The van der Waals surface area contributed by atoms with Crippen LogP contribution in [0.2, 0.25) is 0 Å². The fourth-order valence-corrected chi connectivity index (χ4v) is 4.19. The Bertz CT molecular complexity index is 615. The molecule has 1 aromatic heterocycles. The number of carbonyl (C=O) groups is 2. The normalized spacial score (nSPS) is 25.5. The molecular formula is C16H27N5O2S. The monoisotopic (exact) mass is 353 g/mol. The predicted octanol–water partition coefficient (Wildman–Crippen LogP) is 1.21. The molecule has 1 aliphatic carbocycles. The van der Waals surface area contributed by atoms with Crippen LogP contribution in [0.5, 0.6) is 0 Å². The summed E-state index contributed by atoms with van der Waals surface area (Å²) in [5.41, 5.74) is -0.923. The van der Waals surface area contributed by atoms with Crippen LogP contribution in [0.25, 0.3) is 0 Å². The first-order chi connectivity index (χ1) is 11.2. The smallest absolute Gasteiger partial charge is 0.226 e. The van der Waals surface area contributed by atoms with E-state index in [4.69, 9.17) is 0 Å². The van der Waals surface area contributed by atoms with Crippen molar-refractivity contribution in [2.45, 2.75) is 38.8 Å². The zero-order chi connectivity index (χ0) is 18.0. The van der Waals surface area contributed by atoms with Crippen LogP contribution in [-0.2, 0) is 16.6 Å². The minimum Gasteiger partial charge on any atom is -0.359 e. The number of thioether (sulfide) groups is 1. The van der Waals surface area contributed by atoms with E-state index in [1.54, 1.807) is 25.1 Å². The number of carbonyl (C=O) groups excluding carboxylic acids is 2. The zero-order valence-corrected chi connectivity index (χ0v) is 15.9. The molecule has 0 saturated heterocycles. The second-order valence-corrected chi connectivity index (χ2v) is 8.15. The van der Waals surface area contributed by atoms with Gasteiger partial charge in [-0.3, -0.25) is 9.59 Å². The highest BCUT2D eigenvalue weighted by Crippen LogP contribution is 2.56. The maximum absolute atomic E-state index is 12.8. The molecule has 0 radical (unpaired) electrons. The number of aryl methyl sites for hydroxylation is 1. The average Bonchev–Trinajstić information content (AvgIpc) is 3.05. The molecule has 24 heavy (non-hydrogen) atoms. The summed E-state index contributed by atoms with van der Waals surface area (Å²) in [6.07, 6.45) is 3.12. The van der Waals surface area contributed by atoms with Crippen LogP contribution in [0.3, 0.4) is 0 Å². The fraction of sp³-hybridized carbons (Fsp3) is 0.750. The number of nitrogens with one attached hydrogen (secondary N) is 2. The van der Waals surface area contributed by atoms with Gasteiger partial charge in [0.15, 0.2) is 5.16 Å². The molecule has 0 aromatic carbocycles. The van der Waals surface area contributed by atoms with E-state index in [0.29, 0.717) is 6.54 Å². The first-order valence-electron chi connectivity index (χ1n) is 8.20. The molecule has 2 atom stereocenters. The molecule has 1 fully saturated rings. The van der Waals surface area contributed by atoms with Crippen LogP contribution < -0.4 is 10.6 Å². The summed E-state index contributed by atoms with van der Waals surface area (Å²) < 4.78 is 1.85. The van der Waals surface area contributed by atoms with Crippen LogP contribution in [0.1, 0.15) is 33.6 Å². The summed E-state index contributed by atoms with van der Waals surface area (Å²) in [5, 5.41) is 14.4. The molecule has 1 saturated carbocycles. The van der Waals surface area contributed by atoms with Gasteiger partial charge in [-0.05, 0) is 18.3 Å². The molecule has 1 heterocycles. The van der Waals surface area contributed by atoms with Gasteiger partial charge in [0.05, 0.1) is 5.41 Å². The molecule has 0 spiro atoms. The average molecular weight is 353 g/mol. The Labute approximate surface area is 147 Å². The van der Waals surface area contributed by atoms with Gasteiger partial charge < -0.3 is 15.2 Å². The van der Waals surface area contributed by atoms with E-state index in [2.05, 4.69) is 20.8 Å². The molecule has 1 aromatic rings. The second kappa shape index (κ2) is 7.13. The number of amides is 2. The number of hydrogen-bond donors (Lipinski definition) is 2. The van der Waals surface area contributed by atoms with Gasteiger partial charge in [-0.15, -0.1) is 10.2 Å². The third-order valence-electron chi connectivity index (χ3n) is 5.58. The van der Waals surface area contributed by atoms with E-state index in [-0.39, 0.29) is 23.1 Å². The van der Waals surface area contributed by atoms with E-state index in [1.807, 2.05) is 32.4 Å². The van der Waals surface area contributed by atoms with Gasteiger partial charge in [0.25, 0.3) is 0 Å². The Morgan fingerprint density at radius 2 is 2.12 bits per heavy atom. The van der Waals surface area contributed by atoms with Crippen LogP contribution in [0.15, 0.2) is 11.5 Å². The van der Waals surface area contributed by atoms with Gasteiger partial charge in [-0.2, -0.15) is 0 Å². The highest BCUT2D eigenvalue weighted by atomic mass is 32.2. The third kappa shape index (κ3) is 3.29. The summed E-state index contributed by atoms with van der Waals surface area (Å²) in [7, 11) is 3.54. The van der Waals surface area contributed by atoms with Crippen molar-refractivity contribution in [3.8, 4) is 0 Å². The first kappa shape index (κ1) is 18.8. The van der Waals surface area contributed by atoms with E-state index in [1.165, 1.54) is 0 Å². The van der Waals surface area contributed by atoms with Crippen molar-refractivity contribution < 1.29 is 9.59 Å². The molecule has 2 amide bonds. The molecule has 1 aliphatic rings. The first-order valence-corrected chi connectivity index (χ1v) is 9.19. The fourth-order valence-electron chi connectivity index (χ4n) is 3.45. The number of hydrogen-bond acceptors (Lipinski definition) is 5. The SMILES string of the molecule is CNC(=O)[C@H]1CC[C@@](C)(C(=O)NCCSc2nncn2C)C1(C)C. The van der Waals surface area contributed by atoms with E-state index in [9.17, 15) is 9.59 Å². The van der Waals surface area contributed by atoms with E-state index >= 15 is 0 Å². The highest BCUT2D eigenvalue weighted by molar-refractivity contribution is 7.99. The summed E-state index contributed by atoms with van der Waals surface area (Å²) in [6.45, 7) is 6.58. The lowest BCUT2D eigenvalue weighted by atomic mass is 9.65. The van der Waals surface area contributed by atoms with Crippen molar-refractivity contribution in [1.29, 1.82) is 0 Å². The molecule has 0 bridgehead atoms. The number of aromatic nitrogens is 3. The lowest BCUT2D eigenvalue weighted by Gasteiger charge is -2.39. The van der Waals surface area contributed by atoms with Crippen molar-refractivity contribution in [1.82, 2.24) is 25.4 Å². The van der Waals surface area contributed by atoms with E-state index < -0.39 is 5.41 Å². The van der Waals surface area contributed by atoms with Crippen LogP contribution in [-0.4, -0.2) is 45.9 Å². The van der Waals surface area contributed by atoms with Gasteiger partial charge in [0, 0.05) is 32.3 Å². The van der Waals surface area contributed by atoms with Crippen LogP contribution in [0.4, 0.5) is 0 Å². The molecule has 2 N–H and O–H groups in total. The van der Waals surface area contributed by atoms with Crippen molar-refractivity contribution in [3.05, 3.63) is 6.33 Å². The molecular weight excluding hydrogens is 326 g/mol. The standard InChI is InChI=1S/C16H27N5O2S/c1-15(2)11(12(22)17-4)6-7-16(15,3)13(23)18-8-9-24-14-20-19-10-21(14)5/h10-11H,6-9H2,1-5H3,(H,17,22)(H,18,23)/t11-,16+/m1/s1. The Morgan fingerprint density at radius 1 is 1.42 bits per heavy atom. The van der Waals surface area contributed by atoms with Gasteiger partial charge >= 0.3 is 0 Å². The Morgan fingerprint density at radius 3 is 2.71 bits per heavy atom. The maximum atomic E-state index is 12.8. The van der Waals surface area contributed by atoms with Crippen molar-refractivity contribution in [2.75, 3.05) is 19.3 Å². The maximum Gasteiger partial charge on any atom is 0.226 e. The van der Waals surface area contributed by atoms with Crippen LogP contribution >= 0.6 is 11.8 Å². The third-order valence-corrected chi connectivity index (χ3v) is 6.62. The quantitative estimate of drug-likeness (QED) is 0.593. The minimum atomic E-state index is -0.542. The van der Waals surface area contributed by atoms with Crippen molar-refractivity contribution in [3.63, 3.8) is 0 Å². The largest absolute Gasteiger partial charge is 0.359 e. The Balaban J connectivity index is 1.91. The van der Waals surface area contributed by atoms with Crippen molar-refractivity contribution >= 4 is 23.6 Å². The number of rotatable bonds is 6. The summed E-state index contributed by atoms with van der Waals surface area (Å²) >= 11 is 1.56. The Kier molecular flexibility index (Phi) is 5.57. The molecule has 134 valence electrons. The Hall–Kier alpha value is -1.57. The van der Waals surface area contributed by atoms with Crippen molar-refractivity contribution in [2.24, 2.45) is 23.8 Å². The number of nitrogens with zero attached hydrogens (tertiary/aromatic N) is 3. The van der Waals surface area contributed by atoms with Crippen LogP contribution in [0, 0.1) is 16.7 Å². The second-order valence-electron chi connectivity index (χ2n) is 7.09. The predicted molar refractivity (Wildman–Crippen MR) is 93.4 cm³/mol. The van der Waals surface area contributed by atoms with Gasteiger partial charge in [-0.25, -0.2) is 0 Å². The van der Waals surface area contributed by atoms with Gasteiger partial charge in [0.2, 0.25) is 11.8 Å². The molecule has 8 heteroatoms. The minimum absolute atomic E-state index is 0.0226. The summed E-state index contributed by atoms with van der Waals surface area (Å²) in [5.74, 6) is 0.645. The molecule has 7 nitrogen and oxygen atoms in total.